The molecule has 3 atom stereocenters. The summed E-state index contributed by atoms with van der Waals surface area (Å²) in [5, 5.41) is 3.59. The van der Waals surface area contributed by atoms with E-state index in [1.807, 2.05) is 18.2 Å². The number of hydrogen-bond donors (Lipinski definition) is 1. The fourth-order valence-corrected chi connectivity index (χ4v) is 3.11. The molecule has 1 unspecified atom stereocenters. The third kappa shape index (κ3) is 4.00. The molecule has 0 bridgehead atoms. The van der Waals surface area contributed by atoms with Crippen molar-refractivity contribution in [2.24, 2.45) is 13.0 Å². The Morgan fingerprint density at radius 1 is 1.38 bits per heavy atom. The maximum absolute atomic E-state index is 5.15. The SMILES string of the molecule is C#C/C=C/C=C\C=C\C1NCC[C@H]1[C@H](C)c1cccn1C. The van der Waals surface area contributed by atoms with Crippen LogP contribution >= 0.6 is 0 Å². The zero-order valence-corrected chi connectivity index (χ0v) is 12.9. The van der Waals surface area contributed by atoms with Crippen LogP contribution in [0.3, 0.4) is 0 Å². The van der Waals surface area contributed by atoms with E-state index in [4.69, 9.17) is 6.42 Å². The van der Waals surface area contributed by atoms with Crippen LogP contribution in [0.4, 0.5) is 0 Å². The quantitative estimate of drug-likeness (QED) is 0.646. The van der Waals surface area contributed by atoms with Crippen molar-refractivity contribution in [3.63, 3.8) is 0 Å². The lowest BCUT2D eigenvalue weighted by Crippen LogP contribution is -2.28. The van der Waals surface area contributed by atoms with Crippen LogP contribution < -0.4 is 5.32 Å². The summed E-state index contributed by atoms with van der Waals surface area (Å²) in [7, 11) is 2.12. The van der Waals surface area contributed by atoms with Crippen LogP contribution in [0, 0.1) is 18.3 Å². The molecule has 0 spiro atoms. The van der Waals surface area contributed by atoms with Gasteiger partial charge in [0.1, 0.15) is 0 Å². The highest BCUT2D eigenvalue weighted by molar-refractivity contribution is 5.21. The van der Waals surface area contributed by atoms with Crippen LogP contribution in [0.25, 0.3) is 0 Å². The molecule has 110 valence electrons. The molecular formula is C19H24N2. The van der Waals surface area contributed by atoms with Crippen LogP contribution in [0.15, 0.2) is 54.8 Å². The van der Waals surface area contributed by atoms with Gasteiger partial charge < -0.3 is 9.88 Å². The third-order valence-corrected chi connectivity index (χ3v) is 4.26. The van der Waals surface area contributed by atoms with Crippen LogP contribution in [0.2, 0.25) is 0 Å². The van der Waals surface area contributed by atoms with Crippen molar-refractivity contribution in [3.05, 3.63) is 60.5 Å². The Bertz CT molecular complexity index is 569. The number of allylic oxidation sites excluding steroid dienone is 5. The van der Waals surface area contributed by atoms with Crippen molar-refractivity contribution in [3.8, 4) is 12.3 Å². The minimum atomic E-state index is 0.441. The molecule has 0 radical (unpaired) electrons. The van der Waals surface area contributed by atoms with E-state index < -0.39 is 0 Å². The summed E-state index contributed by atoms with van der Waals surface area (Å²) in [4.78, 5) is 0. The largest absolute Gasteiger partial charge is 0.354 e. The Morgan fingerprint density at radius 2 is 2.19 bits per heavy atom. The predicted molar refractivity (Wildman–Crippen MR) is 90.0 cm³/mol. The second kappa shape index (κ2) is 7.71. The highest BCUT2D eigenvalue weighted by Gasteiger charge is 2.30. The molecule has 1 aromatic rings. The van der Waals surface area contributed by atoms with E-state index in [1.54, 1.807) is 6.08 Å². The first-order chi connectivity index (χ1) is 10.2. The number of rotatable bonds is 5. The molecule has 2 heteroatoms. The van der Waals surface area contributed by atoms with E-state index in [0.717, 1.165) is 6.54 Å². The van der Waals surface area contributed by atoms with Gasteiger partial charge >= 0.3 is 0 Å². The molecule has 0 saturated carbocycles. The van der Waals surface area contributed by atoms with Crippen LogP contribution in [-0.4, -0.2) is 17.2 Å². The van der Waals surface area contributed by atoms with Gasteiger partial charge in [0, 0.05) is 30.9 Å². The van der Waals surface area contributed by atoms with Crippen LogP contribution in [0.1, 0.15) is 25.0 Å². The van der Waals surface area contributed by atoms with E-state index >= 15 is 0 Å². The van der Waals surface area contributed by atoms with Gasteiger partial charge in [0.2, 0.25) is 0 Å². The molecule has 2 nitrogen and oxygen atoms in total. The summed E-state index contributed by atoms with van der Waals surface area (Å²) in [5.74, 6) is 3.67. The van der Waals surface area contributed by atoms with Gasteiger partial charge in [0.05, 0.1) is 0 Å². The summed E-state index contributed by atoms with van der Waals surface area (Å²) in [6, 6.07) is 4.80. The summed E-state index contributed by atoms with van der Waals surface area (Å²) in [6.45, 7) is 3.43. The molecule has 1 aliphatic rings. The Labute approximate surface area is 128 Å². The molecule has 2 rings (SSSR count). The molecule has 1 N–H and O–H groups in total. The highest BCUT2D eigenvalue weighted by Crippen LogP contribution is 2.32. The second-order valence-corrected chi connectivity index (χ2v) is 5.56. The fraction of sp³-hybridized carbons (Fsp3) is 0.368. The lowest BCUT2D eigenvalue weighted by molar-refractivity contribution is 0.422. The van der Waals surface area contributed by atoms with Crippen molar-refractivity contribution in [1.29, 1.82) is 0 Å². The normalized spacial score (nSPS) is 24.2. The minimum Gasteiger partial charge on any atom is -0.354 e. The molecule has 1 fully saturated rings. The van der Waals surface area contributed by atoms with Crippen LogP contribution in [-0.2, 0) is 7.05 Å². The second-order valence-electron chi connectivity index (χ2n) is 5.56. The Balaban J connectivity index is 1.99. The molecule has 1 saturated heterocycles. The highest BCUT2D eigenvalue weighted by atomic mass is 15.0. The maximum atomic E-state index is 5.15. The molecule has 0 aromatic carbocycles. The predicted octanol–water partition coefficient (Wildman–Crippen LogP) is 3.41. The number of nitrogens with one attached hydrogen (secondary N) is 1. The zero-order chi connectivity index (χ0) is 15.1. The van der Waals surface area contributed by atoms with Crippen molar-refractivity contribution in [1.82, 2.24) is 9.88 Å². The zero-order valence-electron chi connectivity index (χ0n) is 12.9. The third-order valence-electron chi connectivity index (χ3n) is 4.26. The van der Waals surface area contributed by atoms with Gasteiger partial charge in [-0.1, -0.05) is 43.2 Å². The smallest absolute Gasteiger partial charge is 0.0288 e. The first-order valence-corrected chi connectivity index (χ1v) is 7.54. The van der Waals surface area contributed by atoms with E-state index in [1.165, 1.54) is 12.1 Å². The first kappa shape index (κ1) is 15.4. The van der Waals surface area contributed by atoms with Gasteiger partial charge in [0.15, 0.2) is 0 Å². The number of terminal acetylenes is 1. The van der Waals surface area contributed by atoms with Crippen molar-refractivity contribution in [2.45, 2.75) is 25.3 Å². The van der Waals surface area contributed by atoms with E-state index in [2.05, 4.69) is 60.3 Å². The standard InChI is InChI=1S/C19H24N2/c1-4-5-6-7-8-9-11-18-17(13-14-20-18)16(2)19-12-10-15-21(19)3/h1,5-12,15-18,20H,13-14H2,2-3H3/b6-5+,8-7-,11-9+/t16-,17-,18?/m0/s1. The number of aromatic nitrogens is 1. The first-order valence-electron chi connectivity index (χ1n) is 7.54. The molecule has 0 amide bonds. The lowest BCUT2D eigenvalue weighted by Gasteiger charge is -2.24. The monoisotopic (exact) mass is 280 g/mol. The van der Waals surface area contributed by atoms with Crippen molar-refractivity contribution < 1.29 is 0 Å². The maximum Gasteiger partial charge on any atom is 0.0288 e. The average molecular weight is 280 g/mol. The molecule has 21 heavy (non-hydrogen) atoms. The van der Waals surface area contributed by atoms with Crippen molar-refractivity contribution >= 4 is 0 Å². The Hall–Kier alpha value is -1.98. The topological polar surface area (TPSA) is 17.0 Å². The molecule has 1 aromatic heterocycles. The van der Waals surface area contributed by atoms with Gasteiger partial charge in [-0.2, -0.15) is 0 Å². The van der Waals surface area contributed by atoms with Gasteiger partial charge in [-0.3, -0.25) is 0 Å². The summed E-state index contributed by atoms with van der Waals surface area (Å²) in [6.07, 6.45) is 20.4. The fourth-order valence-electron chi connectivity index (χ4n) is 3.11. The number of hydrogen-bond acceptors (Lipinski definition) is 1. The van der Waals surface area contributed by atoms with Crippen molar-refractivity contribution in [2.75, 3.05) is 6.54 Å². The lowest BCUT2D eigenvalue weighted by atomic mass is 9.85. The Morgan fingerprint density at radius 3 is 2.90 bits per heavy atom. The summed E-state index contributed by atoms with van der Waals surface area (Å²) < 4.78 is 2.23. The number of nitrogens with zero attached hydrogens (tertiary/aromatic N) is 1. The van der Waals surface area contributed by atoms with Gasteiger partial charge in [-0.25, -0.2) is 0 Å². The molecule has 0 aliphatic carbocycles. The van der Waals surface area contributed by atoms with Gasteiger partial charge in [-0.15, -0.1) is 6.42 Å². The minimum absolute atomic E-state index is 0.441. The summed E-state index contributed by atoms with van der Waals surface area (Å²) in [5.41, 5.74) is 1.41. The van der Waals surface area contributed by atoms with Crippen LogP contribution in [0.5, 0.6) is 0 Å². The molecular weight excluding hydrogens is 256 g/mol. The Kier molecular flexibility index (Phi) is 5.66. The number of aryl methyl sites for hydroxylation is 1. The van der Waals surface area contributed by atoms with E-state index in [9.17, 15) is 0 Å². The van der Waals surface area contributed by atoms with Gasteiger partial charge in [0.25, 0.3) is 0 Å². The summed E-state index contributed by atoms with van der Waals surface area (Å²) >= 11 is 0. The van der Waals surface area contributed by atoms with E-state index in [-0.39, 0.29) is 0 Å². The van der Waals surface area contributed by atoms with E-state index in [0.29, 0.717) is 17.9 Å². The molecule has 2 heterocycles. The molecule has 1 aliphatic heterocycles. The average Bonchev–Trinajstić information content (AvgIpc) is 3.11. The van der Waals surface area contributed by atoms with Gasteiger partial charge in [-0.05, 0) is 37.1 Å².